The zero-order chi connectivity index (χ0) is 18.3. The van der Waals surface area contributed by atoms with E-state index in [0.717, 1.165) is 34.0 Å². The first-order valence-electron chi connectivity index (χ1n) is 8.45. The third kappa shape index (κ3) is 2.42. The van der Waals surface area contributed by atoms with Gasteiger partial charge in [-0.3, -0.25) is 9.36 Å². The van der Waals surface area contributed by atoms with Crippen LogP contribution in [0.2, 0.25) is 0 Å². The lowest BCUT2D eigenvalue weighted by Gasteiger charge is -2.30. The van der Waals surface area contributed by atoms with E-state index < -0.39 is 0 Å². The van der Waals surface area contributed by atoms with Gasteiger partial charge < -0.3 is 15.4 Å². The minimum atomic E-state index is -0.298. The van der Waals surface area contributed by atoms with Gasteiger partial charge in [-0.15, -0.1) is 0 Å². The van der Waals surface area contributed by atoms with Gasteiger partial charge in [0.1, 0.15) is 5.75 Å². The fraction of sp³-hybridized carbons (Fsp3) is 0.200. The normalized spacial score (nSPS) is 16.2. The van der Waals surface area contributed by atoms with Crippen molar-refractivity contribution in [3.63, 3.8) is 0 Å². The average Bonchev–Trinajstić information content (AvgIpc) is 3.04. The number of nitrogens with one attached hydrogen (secondary N) is 2. The Morgan fingerprint density at radius 1 is 1.23 bits per heavy atom. The number of rotatable bonds is 3. The first-order chi connectivity index (χ1) is 12.6. The van der Waals surface area contributed by atoms with E-state index in [1.54, 1.807) is 14.2 Å². The lowest BCUT2D eigenvalue weighted by Crippen LogP contribution is -2.33. The van der Waals surface area contributed by atoms with Gasteiger partial charge in [0.2, 0.25) is 5.95 Å². The highest BCUT2D eigenvalue weighted by molar-refractivity contribution is 5.97. The van der Waals surface area contributed by atoms with Crippen molar-refractivity contribution in [3.8, 4) is 5.75 Å². The molecule has 0 spiro atoms. The van der Waals surface area contributed by atoms with Gasteiger partial charge in [-0.2, -0.15) is 0 Å². The summed E-state index contributed by atoms with van der Waals surface area (Å²) < 4.78 is 7.47. The van der Waals surface area contributed by atoms with Crippen LogP contribution in [0.25, 0.3) is 11.0 Å². The number of hydrogen-bond donors (Lipinski definition) is 2. The Morgan fingerprint density at radius 3 is 2.81 bits per heavy atom. The molecule has 0 fully saturated rings. The van der Waals surface area contributed by atoms with Crippen molar-refractivity contribution in [1.29, 1.82) is 0 Å². The third-order valence-electron chi connectivity index (χ3n) is 4.71. The standard InChI is InChI=1S/C20H20N4O2/c1-12-17(19(25)21-2)18(13-7-6-8-14(11-13)26-3)24-16-10-5-4-9-15(16)23-20(24)22-12/h4-11,18H,1-3H3,(H,21,25)(H,22,23)/t18-/m1/s1. The monoisotopic (exact) mass is 348 g/mol. The van der Waals surface area contributed by atoms with Gasteiger partial charge in [-0.05, 0) is 36.8 Å². The molecule has 26 heavy (non-hydrogen) atoms. The van der Waals surface area contributed by atoms with Crippen LogP contribution >= 0.6 is 0 Å². The number of nitrogens with zero attached hydrogens (tertiary/aromatic N) is 2. The van der Waals surface area contributed by atoms with Gasteiger partial charge in [-0.25, -0.2) is 4.98 Å². The first-order valence-corrected chi connectivity index (χ1v) is 8.45. The van der Waals surface area contributed by atoms with Crippen LogP contribution in [-0.4, -0.2) is 29.6 Å². The Labute approximate surface area is 151 Å². The number of ether oxygens (including phenoxy) is 1. The fourth-order valence-corrected chi connectivity index (χ4v) is 3.52. The van der Waals surface area contributed by atoms with E-state index in [1.807, 2.05) is 55.5 Å². The molecule has 1 aliphatic heterocycles. The topological polar surface area (TPSA) is 68.2 Å². The van der Waals surface area contributed by atoms with E-state index in [9.17, 15) is 4.79 Å². The van der Waals surface area contributed by atoms with Gasteiger partial charge >= 0.3 is 0 Å². The number of likely N-dealkylation sites (N-methyl/N-ethyl adjacent to an activating group) is 1. The van der Waals surface area contributed by atoms with E-state index >= 15 is 0 Å². The number of fused-ring (bicyclic) bond motifs is 3. The predicted molar refractivity (Wildman–Crippen MR) is 101 cm³/mol. The highest BCUT2D eigenvalue weighted by Crippen LogP contribution is 2.39. The summed E-state index contributed by atoms with van der Waals surface area (Å²) in [6, 6.07) is 15.4. The van der Waals surface area contributed by atoms with Gasteiger partial charge in [0.15, 0.2) is 0 Å². The van der Waals surface area contributed by atoms with Crippen LogP contribution in [-0.2, 0) is 4.79 Å². The molecule has 0 unspecified atom stereocenters. The van der Waals surface area contributed by atoms with Gasteiger partial charge in [0, 0.05) is 12.7 Å². The molecule has 2 aromatic carbocycles. The predicted octanol–water partition coefficient (Wildman–Crippen LogP) is 3.08. The van der Waals surface area contributed by atoms with Crippen LogP contribution < -0.4 is 15.4 Å². The molecule has 1 amide bonds. The van der Waals surface area contributed by atoms with Crippen LogP contribution in [0.5, 0.6) is 5.75 Å². The number of anilines is 1. The Balaban J connectivity index is 2.01. The quantitative estimate of drug-likeness (QED) is 0.763. The van der Waals surface area contributed by atoms with Crippen molar-refractivity contribution in [1.82, 2.24) is 14.9 Å². The van der Waals surface area contributed by atoms with E-state index in [2.05, 4.69) is 15.2 Å². The van der Waals surface area contributed by atoms with Crippen molar-refractivity contribution < 1.29 is 9.53 Å². The zero-order valence-corrected chi connectivity index (χ0v) is 14.9. The maximum absolute atomic E-state index is 12.7. The number of aromatic nitrogens is 2. The summed E-state index contributed by atoms with van der Waals surface area (Å²) >= 11 is 0. The summed E-state index contributed by atoms with van der Waals surface area (Å²) in [4.78, 5) is 17.4. The summed E-state index contributed by atoms with van der Waals surface area (Å²) in [7, 11) is 3.28. The van der Waals surface area contributed by atoms with Crippen LogP contribution in [0.3, 0.4) is 0 Å². The smallest absolute Gasteiger partial charge is 0.251 e. The number of carbonyl (C=O) groups excluding carboxylic acids is 1. The van der Waals surface area contributed by atoms with E-state index in [-0.39, 0.29) is 11.9 Å². The fourth-order valence-electron chi connectivity index (χ4n) is 3.52. The minimum absolute atomic E-state index is 0.119. The number of imidazole rings is 1. The summed E-state index contributed by atoms with van der Waals surface area (Å²) in [6.45, 7) is 1.90. The summed E-state index contributed by atoms with van der Waals surface area (Å²) in [6.07, 6.45) is 0. The Kier molecular flexibility index (Phi) is 3.88. The second-order valence-electron chi connectivity index (χ2n) is 6.22. The highest BCUT2D eigenvalue weighted by Gasteiger charge is 2.33. The number of allylic oxidation sites excluding steroid dienone is 1. The molecular formula is C20H20N4O2. The number of para-hydroxylation sites is 2. The van der Waals surface area contributed by atoms with Crippen LogP contribution in [0.15, 0.2) is 59.8 Å². The van der Waals surface area contributed by atoms with Crippen LogP contribution in [0.4, 0.5) is 5.95 Å². The Morgan fingerprint density at radius 2 is 2.04 bits per heavy atom. The van der Waals surface area contributed by atoms with Gasteiger partial charge in [0.05, 0.1) is 29.8 Å². The van der Waals surface area contributed by atoms with E-state index in [0.29, 0.717) is 5.57 Å². The van der Waals surface area contributed by atoms with Crippen molar-refractivity contribution in [2.45, 2.75) is 13.0 Å². The molecule has 0 bridgehead atoms. The lowest BCUT2D eigenvalue weighted by molar-refractivity contribution is -0.117. The molecule has 2 heterocycles. The molecule has 1 aliphatic rings. The summed E-state index contributed by atoms with van der Waals surface area (Å²) in [5.41, 5.74) is 4.27. The number of benzene rings is 2. The number of carbonyl (C=O) groups is 1. The lowest BCUT2D eigenvalue weighted by atomic mass is 9.94. The van der Waals surface area contributed by atoms with Crippen LogP contribution in [0, 0.1) is 0 Å². The molecule has 0 aliphatic carbocycles. The average molecular weight is 348 g/mol. The summed E-state index contributed by atoms with van der Waals surface area (Å²) in [5.74, 6) is 1.36. The van der Waals surface area contributed by atoms with E-state index in [1.165, 1.54) is 0 Å². The molecule has 6 nitrogen and oxygen atoms in total. The minimum Gasteiger partial charge on any atom is -0.497 e. The molecule has 2 N–H and O–H groups in total. The van der Waals surface area contributed by atoms with Crippen molar-refractivity contribution >= 4 is 22.9 Å². The molecule has 3 aromatic rings. The number of amides is 1. The largest absolute Gasteiger partial charge is 0.497 e. The maximum atomic E-state index is 12.7. The molecule has 132 valence electrons. The number of hydrogen-bond acceptors (Lipinski definition) is 4. The molecule has 4 rings (SSSR count). The second-order valence-corrected chi connectivity index (χ2v) is 6.22. The molecule has 1 aromatic heterocycles. The SMILES string of the molecule is CNC(=O)C1=C(C)Nc2nc3ccccc3n2[C@@H]1c1cccc(OC)c1. The molecule has 0 saturated carbocycles. The van der Waals surface area contributed by atoms with Crippen LogP contribution in [0.1, 0.15) is 18.5 Å². The molecule has 6 heteroatoms. The van der Waals surface area contributed by atoms with Gasteiger partial charge in [-0.1, -0.05) is 24.3 Å². The second kappa shape index (κ2) is 6.22. The molecule has 0 saturated heterocycles. The van der Waals surface area contributed by atoms with Crippen molar-refractivity contribution in [3.05, 3.63) is 65.4 Å². The third-order valence-corrected chi connectivity index (χ3v) is 4.71. The highest BCUT2D eigenvalue weighted by atomic mass is 16.5. The molecule has 0 radical (unpaired) electrons. The Bertz CT molecular complexity index is 1040. The maximum Gasteiger partial charge on any atom is 0.251 e. The van der Waals surface area contributed by atoms with Gasteiger partial charge in [0.25, 0.3) is 5.91 Å². The first kappa shape index (κ1) is 16.2. The number of methoxy groups -OCH3 is 1. The summed E-state index contributed by atoms with van der Waals surface area (Å²) in [5, 5.41) is 6.05. The van der Waals surface area contributed by atoms with Crippen molar-refractivity contribution in [2.75, 3.05) is 19.5 Å². The van der Waals surface area contributed by atoms with Crippen molar-refractivity contribution in [2.24, 2.45) is 0 Å². The van der Waals surface area contributed by atoms with E-state index in [4.69, 9.17) is 9.72 Å². The molecular weight excluding hydrogens is 328 g/mol. The zero-order valence-electron chi connectivity index (χ0n) is 14.9. The Hall–Kier alpha value is -3.28. The molecule has 1 atom stereocenters.